The van der Waals surface area contributed by atoms with Gasteiger partial charge < -0.3 is 10.6 Å². The van der Waals surface area contributed by atoms with Crippen LogP contribution in [0.25, 0.3) is 0 Å². The van der Waals surface area contributed by atoms with Crippen molar-refractivity contribution in [3.63, 3.8) is 0 Å². The molecule has 0 spiro atoms. The van der Waals surface area contributed by atoms with E-state index in [-0.39, 0.29) is 0 Å². The molecule has 3 nitrogen and oxygen atoms in total. The minimum atomic E-state index is 0.559. The van der Waals surface area contributed by atoms with Crippen LogP contribution < -0.4 is 10.6 Å². The molecule has 4 heteroatoms. The maximum absolute atomic E-state index is 5.32. The number of hydrogen-bond donors (Lipinski definition) is 2. The summed E-state index contributed by atoms with van der Waals surface area (Å²) in [5.74, 6) is 0. The van der Waals surface area contributed by atoms with Crippen LogP contribution in [0.2, 0.25) is 0 Å². The largest absolute Gasteiger partial charge is 0.360 e. The minimum absolute atomic E-state index is 0.559. The van der Waals surface area contributed by atoms with Gasteiger partial charge in [-0.05, 0) is 44.1 Å². The number of nitrogens with zero attached hydrogens (tertiary/aromatic N) is 1. The van der Waals surface area contributed by atoms with Gasteiger partial charge in [0, 0.05) is 11.7 Å². The number of thiocarbonyl (C=S) groups is 1. The highest BCUT2D eigenvalue weighted by Crippen LogP contribution is 2.17. The van der Waals surface area contributed by atoms with Gasteiger partial charge in [-0.25, -0.2) is 0 Å². The van der Waals surface area contributed by atoms with Crippen LogP contribution in [0, 0.1) is 6.92 Å². The first-order chi connectivity index (χ1) is 8.74. The van der Waals surface area contributed by atoms with Gasteiger partial charge in [0.05, 0.1) is 12.2 Å². The van der Waals surface area contributed by atoms with Crippen molar-refractivity contribution in [3.05, 3.63) is 29.6 Å². The Hall–Kier alpha value is -1.16. The van der Waals surface area contributed by atoms with E-state index >= 15 is 0 Å². The fourth-order valence-electron chi connectivity index (χ4n) is 2.35. The molecule has 1 saturated carbocycles. The molecule has 0 amide bonds. The molecule has 98 valence electrons. The molecule has 1 heterocycles. The number of aromatic nitrogens is 1. The second kappa shape index (κ2) is 6.69. The summed E-state index contributed by atoms with van der Waals surface area (Å²) in [4.78, 5) is 4.44. The number of pyridine rings is 1. The van der Waals surface area contributed by atoms with E-state index in [2.05, 4.69) is 15.6 Å². The Bertz CT molecular complexity index is 400. The number of rotatable bonds is 3. The molecule has 0 unspecified atom stereocenters. The molecule has 0 atom stereocenters. The molecule has 18 heavy (non-hydrogen) atoms. The Morgan fingerprint density at radius 2 is 2.11 bits per heavy atom. The monoisotopic (exact) mass is 263 g/mol. The van der Waals surface area contributed by atoms with Crippen molar-refractivity contribution >= 4 is 17.3 Å². The zero-order valence-corrected chi connectivity index (χ0v) is 11.7. The molecule has 0 bridgehead atoms. The van der Waals surface area contributed by atoms with Gasteiger partial charge in [0.1, 0.15) is 0 Å². The molecule has 1 aromatic heterocycles. The lowest BCUT2D eigenvalue weighted by Gasteiger charge is -2.24. The third kappa shape index (κ3) is 4.26. The quantitative estimate of drug-likeness (QED) is 0.822. The minimum Gasteiger partial charge on any atom is -0.360 e. The van der Waals surface area contributed by atoms with Gasteiger partial charge in [-0.1, -0.05) is 25.3 Å². The molecule has 2 rings (SSSR count). The van der Waals surface area contributed by atoms with Crippen molar-refractivity contribution in [3.8, 4) is 0 Å². The fourth-order valence-corrected chi connectivity index (χ4v) is 2.59. The van der Waals surface area contributed by atoms with E-state index in [1.807, 2.05) is 25.1 Å². The second-order valence-corrected chi connectivity index (χ2v) is 5.34. The molecule has 0 saturated heterocycles. The van der Waals surface area contributed by atoms with E-state index in [1.54, 1.807) is 0 Å². The first kappa shape index (κ1) is 13.3. The summed E-state index contributed by atoms with van der Waals surface area (Å²) in [5, 5.41) is 7.38. The normalized spacial score (nSPS) is 16.3. The van der Waals surface area contributed by atoms with Crippen molar-refractivity contribution in [2.45, 2.75) is 51.6 Å². The molecular weight excluding hydrogens is 242 g/mol. The number of aryl methyl sites for hydroxylation is 1. The van der Waals surface area contributed by atoms with Crippen molar-refractivity contribution in [1.29, 1.82) is 0 Å². The van der Waals surface area contributed by atoms with Crippen molar-refractivity contribution in [1.82, 2.24) is 15.6 Å². The molecule has 1 aliphatic rings. The molecule has 2 N–H and O–H groups in total. The summed E-state index contributed by atoms with van der Waals surface area (Å²) in [6.45, 7) is 2.70. The van der Waals surface area contributed by atoms with Gasteiger partial charge in [-0.3, -0.25) is 4.98 Å². The summed E-state index contributed by atoms with van der Waals surface area (Å²) in [6.07, 6.45) is 6.49. The van der Waals surface area contributed by atoms with Crippen LogP contribution in [0.4, 0.5) is 0 Å². The summed E-state index contributed by atoms with van der Waals surface area (Å²) in [7, 11) is 0. The fraction of sp³-hybridized carbons (Fsp3) is 0.571. The topological polar surface area (TPSA) is 37.0 Å². The lowest BCUT2D eigenvalue weighted by molar-refractivity contribution is 0.412. The van der Waals surface area contributed by atoms with E-state index in [0.717, 1.165) is 16.5 Å². The van der Waals surface area contributed by atoms with Gasteiger partial charge in [0.15, 0.2) is 5.11 Å². The highest BCUT2D eigenvalue weighted by molar-refractivity contribution is 7.80. The third-order valence-corrected chi connectivity index (χ3v) is 3.58. The first-order valence-corrected chi connectivity index (χ1v) is 7.12. The number of nitrogens with one attached hydrogen (secondary N) is 2. The first-order valence-electron chi connectivity index (χ1n) is 6.71. The predicted molar refractivity (Wildman–Crippen MR) is 78.4 cm³/mol. The maximum atomic E-state index is 5.32. The van der Waals surface area contributed by atoms with Gasteiger partial charge >= 0.3 is 0 Å². The van der Waals surface area contributed by atoms with Crippen LogP contribution >= 0.6 is 12.2 Å². The van der Waals surface area contributed by atoms with E-state index in [9.17, 15) is 0 Å². The smallest absolute Gasteiger partial charge is 0.166 e. The Morgan fingerprint density at radius 1 is 1.33 bits per heavy atom. The van der Waals surface area contributed by atoms with Gasteiger partial charge in [0.25, 0.3) is 0 Å². The van der Waals surface area contributed by atoms with Crippen LogP contribution in [-0.2, 0) is 6.54 Å². The molecule has 0 radical (unpaired) electrons. The van der Waals surface area contributed by atoms with Gasteiger partial charge in [-0.2, -0.15) is 0 Å². The lowest BCUT2D eigenvalue weighted by Crippen LogP contribution is -2.42. The Labute approximate surface area is 114 Å². The summed E-state index contributed by atoms with van der Waals surface area (Å²) < 4.78 is 0. The molecular formula is C14H21N3S. The van der Waals surface area contributed by atoms with E-state index < -0.39 is 0 Å². The van der Waals surface area contributed by atoms with Crippen molar-refractivity contribution in [2.24, 2.45) is 0 Å². The summed E-state index contributed by atoms with van der Waals surface area (Å²) in [6, 6.07) is 6.60. The van der Waals surface area contributed by atoms with E-state index in [0.29, 0.717) is 12.6 Å². The zero-order valence-electron chi connectivity index (χ0n) is 10.9. The van der Waals surface area contributed by atoms with Crippen molar-refractivity contribution in [2.75, 3.05) is 0 Å². The summed E-state index contributed by atoms with van der Waals surface area (Å²) >= 11 is 5.32. The predicted octanol–water partition coefficient (Wildman–Crippen LogP) is 2.69. The van der Waals surface area contributed by atoms with E-state index in [4.69, 9.17) is 12.2 Å². The molecule has 1 aromatic rings. The number of hydrogen-bond acceptors (Lipinski definition) is 2. The van der Waals surface area contributed by atoms with Gasteiger partial charge in [0.2, 0.25) is 0 Å². The third-order valence-electron chi connectivity index (χ3n) is 3.32. The highest BCUT2D eigenvalue weighted by Gasteiger charge is 2.13. The average Bonchev–Trinajstić information content (AvgIpc) is 2.38. The zero-order chi connectivity index (χ0) is 12.8. The SMILES string of the molecule is Cc1cccc(CNC(=S)NC2CCCCC2)n1. The molecule has 0 aliphatic heterocycles. The van der Waals surface area contributed by atoms with Crippen LogP contribution in [0.3, 0.4) is 0 Å². The standard InChI is InChI=1S/C14H21N3S/c1-11-6-5-9-13(16-11)10-15-14(18)17-12-7-3-2-4-8-12/h5-6,9,12H,2-4,7-8,10H2,1H3,(H2,15,17,18). The Kier molecular flexibility index (Phi) is 4.93. The Morgan fingerprint density at radius 3 is 2.83 bits per heavy atom. The summed E-state index contributed by atoms with van der Waals surface area (Å²) in [5.41, 5.74) is 2.07. The molecule has 1 aliphatic carbocycles. The van der Waals surface area contributed by atoms with Crippen LogP contribution in [0.15, 0.2) is 18.2 Å². The van der Waals surface area contributed by atoms with Crippen LogP contribution in [0.5, 0.6) is 0 Å². The molecule has 1 fully saturated rings. The van der Waals surface area contributed by atoms with Crippen molar-refractivity contribution < 1.29 is 0 Å². The average molecular weight is 263 g/mol. The second-order valence-electron chi connectivity index (χ2n) is 4.93. The van der Waals surface area contributed by atoms with E-state index in [1.165, 1.54) is 32.1 Å². The maximum Gasteiger partial charge on any atom is 0.166 e. The Balaban J connectivity index is 1.74. The highest BCUT2D eigenvalue weighted by atomic mass is 32.1. The molecule has 0 aromatic carbocycles. The van der Waals surface area contributed by atoms with Crippen LogP contribution in [0.1, 0.15) is 43.5 Å². The lowest BCUT2D eigenvalue weighted by atomic mass is 9.96. The van der Waals surface area contributed by atoms with Crippen LogP contribution in [-0.4, -0.2) is 16.1 Å². The van der Waals surface area contributed by atoms with Gasteiger partial charge in [-0.15, -0.1) is 0 Å².